The summed E-state index contributed by atoms with van der Waals surface area (Å²) in [6, 6.07) is 9.02. The van der Waals surface area contributed by atoms with Crippen LogP contribution in [0.1, 0.15) is 15.9 Å². The van der Waals surface area contributed by atoms with Crippen molar-refractivity contribution in [3.63, 3.8) is 0 Å². The van der Waals surface area contributed by atoms with Crippen LogP contribution >= 0.6 is 11.6 Å². The molecule has 3 aromatic rings. The summed E-state index contributed by atoms with van der Waals surface area (Å²) < 4.78 is 14.2. The van der Waals surface area contributed by atoms with Crippen molar-refractivity contribution < 1.29 is 14.3 Å². The maximum atomic E-state index is 14.2. The van der Waals surface area contributed by atoms with E-state index in [9.17, 15) is 19.1 Å². The van der Waals surface area contributed by atoms with E-state index in [4.69, 9.17) is 11.6 Å². The first kappa shape index (κ1) is 15.2. The molecule has 0 atom stereocenters. The number of aryl methyl sites for hydroxylation is 1. The molecule has 6 heteroatoms. The van der Waals surface area contributed by atoms with Gasteiger partial charge in [-0.25, -0.2) is 9.18 Å². The van der Waals surface area contributed by atoms with Gasteiger partial charge in [-0.15, -0.1) is 0 Å². The summed E-state index contributed by atoms with van der Waals surface area (Å²) in [6.07, 6.45) is 0. The van der Waals surface area contributed by atoms with Crippen molar-refractivity contribution >= 4 is 28.5 Å². The molecule has 0 aliphatic rings. The predicted molar refractivity (Wildman–Crippen MR) is 86.7 cm³/mol. The number of H-pyrrole nitrogens is 1. The molecule has 23 heavy (non-hydrogen) atoms. The van der Waals surface area contributed by atoms with E-state index in [-0.39, 0.29) is 16.6 Å². The number of aromatic nitrogens is 1. The second kappa shape index (κ2) is 5.52. The van der Waals surface area contributed by atoms with Crippen LogP contribution < -0.4 is 5.43 Å². The molecule has 4 nitrogen and oxygen atoms in total. The van der Waals surface area contributed by atoms with Crippen molar-refractivity contribution in [2.24, 2.45) is 0 Å². The number of carbonyl (C=O) groups is 1. The SMILES string of the molecule is Cc1cc(F)c2[nH]c(-c3ccc(Cl)cc3)c(C(=O)O)c(=O)c2c1. The lowest BCUT2D eigenvalue weighted by Gasteiger charge is -2.10. The summed E-state index contributed by atoms with van der Waals surface area (Å²) >= 11 is 5.82. The molecule has 2 aromatic carbocycles. The van der Waals surface area contributed by atoms with E-state index < -0.39 is 22.8 Å². The highest BCUT2D eigenvalue weighted by Gasteiger charge is 2.21. The zero-order chi connectivity index (χ0) is 16.7. The highest BCUT2D eigenvalue weighted by atomic mass is 35.5. The number of fused-ring (bicyclic) bond motifs is 1. The molecular formula is C17H11ClFNO3. The first-order valence-corrected chi connectivity index (χ1v) is 7.11. The fraction of sp³-hybridized carbons (Fsp3) is 0.0588. The third-order valence-corrected chi connectivity index (χ3v) is 3.80. The molecule has 0 bridgehead atoms. The van der Waals surface area contributed by atoms with Crippen LogP contribution in [0.15, 0.2) is 41.2 Å². The van der Waals surface area contributed by atoms with Crippen molar-refractivity contribution in [2.45, 2.75) is 6.92 Å². The quantitative estimate of drug-likeness (QED) is 0.745. The monoisotopic (exact) mass is 331 g/mol. The Balaban J connectivity index is 2.46. The van der Waals surface area contributed by atoms with Gasteiger partial charge >= 0.3 is 5.97 Å². The van der Waals surface area contributed by atoms with Crippen LogP contribution in [0.4, 0.5) is 4.39 Å². The predicted octanol–water partition coefficient (Wildman–Crippen LogP) is 3.99. The Morgan fingerprint density at radius 3 is 2.48 bits per heavy atom. The number of rotatable bonds is 2. The summed E-state index contributed by atoms with van der Waals surface area (Å²) in [7, 11) is 0. The van der Waals surface area contributed by atoms with E-state index in [2.05, 4.69) is 4.98 Å². The van der Waals surface area contributed by atoms with Crippen LogP contribution in [-0.2, 0) is 0 Å². The normalized spacial score (nSPS) is 10.9. The number of carboxylic acid groups (broad SMARTS) is 1. The lowest BCUT2D eigenvalue weighted by Crippen LogP contribution is -2.18. The molecule has 0 aliphatic carbocycles. The van der Waals surface area contributed by atoms with Gasteiger partial charge in [0, 0.05) is 10.4 Å². The topological polar surface area (TPSA) is 70.2 Å². The molecule has 0 radical (unpaired) electrons. The van der Waals surface area contributed by atoms with E-state index >= 15 is 0 Å². The zero-order valence-electron chi connectivity index (χ0n) is 12.0. The van der Waals surface area contributed by atoms with E-state index in [1.165, 1.54) is 12.1 Å². The molecule has 0 fully saturated rings. The minimum absolute atomic E-state index is 0.0117. The smallest absolute Gasteiger partial charge is 0.341 e. The second-order valence-electron chi connectivity index (χ2n) is 5.19. The fourth-order valence-electron chi connectivity index (χ4n) is 2.52. The molecule has 116 valence electrons. The first-order chi connectivity index (χ1) is 10.9. The van der Waals surface area contributed by atoms with Crippen LogP contribution in [0.5, 0.6) is 0 Å². The Labute approximate surface area is 135 Å². The number of hydrogen-bond donors (Lipinski definition) is 2. The van der Waals surface area contributed by atoms with Gasteiger partial charge in [0.2, 0.25) is 5.43 Å². The minimum atomic E-state index is -1.37. The molecule has 2 N–H and O–H groups in total. The molecule has 1 aromatic heterocycles. The van der Waals surface area contributed by atoms with Crippen molar-refractivity contribution in [2.75, 3.05) is 0 Å². The molecule has 0 spiro atoms. The van der Waals surface area contributed by atoms with Gasteiger partial charge in [-0.3, -0.25) is 4.79 Å². The van der Waals surface area contributed by atoms with Crippen LogP contribution in [0.25, 0.3) is 22.2 Å². The maximum Gasteiger partial charge on any atom is 0.341 e. The van der Waals surface area contributed by atoms with Crippen molar-refractivity contribution in [1.82, 2.24) is 4.98 Å². The Morgan fingerprint density at radius 1 is 1.22 bits per heavy atom. The Hall–Kier alpha value is -2.66. The van der Waals surface area contributed by atoms with Gasteiger partial charge in [0.15, 0.2) is 0 Å². The summed E-state index contributed by atoms with van der Waals surface area (Å²) in [6.45, 7) is 1.63. The molecule has 0 saturated carbocycles. The first-order valence-electron chi connectivity index (χ1n) is 6.74. The van der Waals surface area contributed by atoms with Gasteiger partial charge in [-0.2, -0.15) is 0 Å². The van der Waals surface area contributed by atoms with Gasteiger partial charge in [-0.1, -0.05) is 23.7 Å². The number of halogens is 2. The van der Waals surface area contributed by atoms with Gasteiger partial charge in [0.05, 0.1) is 11.2 Å². The minimum Gasteiger partial charge on any atom is -0.477 e. The van der Waals surface area contributed by atoms with E-state index in [0.29, 0.717) is 16.1 Å². The van der Waals surface area contributed by atoms with E-state index in [1.54, 1.807) is 31.2 Å². The summed E-state index contributed by atoms with van der Waals surface area (Å²) in [5, 5.41) is 9.90. The fourth-order valence-corrected chi connectivity index (χ4v) is 2.65. The molecule has 1 heterocycles. The van der Waals surface area contributed by atoms with Crippen LogP contribution in [0, 0.1) is 12.7 Å². The number of pyridine rings is 1. The van der Waals surface area contributed by atoms with Crippen LogP contribution in [0.3, 0.4) is 0 Å². The van der Waals surface area contributed by atoms with Crippen molar-refractivity contribution in [1.29, 1.82) is 0 Å². The van der Waals surface area contributed by atoms with Crippen molar-refractivity contribution in [3.05, 3.63) is 68.6 Å². The summed E-state index contributed by atoms with van der Waals surface area (Å²) in [4.78, 5) is 26.8. The highest BCUT2D eigenvalue weighted by molar-refractivity contribution is 6.30. The molecule has 0 amide bonds. The average molecular weight is 332 g/mol. The number of benzene rings is 2. The number of nitrogens with one attached hydrogen (secondary N) is 1. The van der Waals surface area contributed by atoms with E-state index in [1.807, 2.05) is 0 Å². The van der Waals surface area contributed by atoms with E-state index in [0.717, 1.165) is 0 Å². The lowest BCUT2D eigenvalue weighted by atomic mass is 10.0. The third-order valence-electron chi connectivity index (χ3n) is 3.55. The second-order valence-corrected chi connectivity index (χ2v) is 5.62. The molecular weight excluding hydrogens is 321 g/mol. The molecule has 0 aliphatic heterocycles. The molecule has 0 saturated heterocycles. The Morgan fingerprint density at radius 2 is 1.87 bits per heavy atom. The largest absolute Gasteiger partial charge is 0.477 e. The van der Waals surface area contributed by atoms with Crippen LogP contribution in [0.2, 0.25) is 5.02 Å². The Kier molecular flexibility index (Phi) is 3.66. The number of aromatic carboxylic acids is 1. The van der Waals surface area contributed by atoms with Gasteiger partial charge in [0.25, 0.3) is 0 Å². The number of hydrogen-bond acceptors (Lipinski definition) is 2. The zero-order valence-corrected chi connectivity index (χ0v) is 12.7. The third kappa shape index (κ3) is 2.59. The van der Waals surface area contributed by atoms with Gasteiger partial charge < -0.3 is 10.1 Å². The number of aromatic amines is 1. The average Bonchev–Trinajstić information content (AvgIpc) is 2.48. The molecule has 3 rings (SSSR count). The van der Waals surface area contributed by atoms with Gasteiger partial charge in [-0.05, 0) is 42.3 Å². The standard InChI is InChI=1S/C17H11ClFNO3/c1-8-6-11-15(12(19)7-8)20-14(13(16(11)21)17(22)23)9-2-4-10(18)5-3-9/h2-7H,1H3,(H,20,21)(H,22,23). The van der Waals surface area contributed by atoms with Crippen LogP contribution in [-0.4, -0.2) is 16.1 Å². The summed E-state index contributed by atoms with van der Waals surface area (Å²) in [5.74, 6) is -1.98. The Bertz CT molecular complexity index is 993. The maximum absolute atomic E-state index is 14.2. The summed E-state index contributed by atoms with van der Waals surface area (Å²) in [5.41, 5.74) is -0.143. The van der Waals surface area contributed by atoms with Crippen molar-refractivity contribution in [3.8, 4) is 11.3 Å². The highest BCUT2D eigenvalue weighted by Crippen LogP contribution is 2.25. The van der Waals surface area contributed by atoms with Gasteiger partial charge in [0.1, 0.15) is 11.4 Å². The lowest BCUT2D eigenvalue weighted by molar-refractivity contribution is 0.0696. The number of carboxylic acids is 1. The molecule has 0 unspecified atom stereocenters.